The first-order valence-corrected chi connectivity index (χ1v) is 5.08. The third-order valence-electron chi connectivity index (χ3n) is 2.27. The summed E-state index contributed by atoms with van der Waals surface area (Å²) in [5, 5.41) is 0. The van der Waals surface area contributed by atoms with E-state index in [0.29, 0.717) is 24.4 Å². The van der Waals surface area contributed by atoms with E-state index in [9.17, 15) is 4.79 Å². The van der Waals surface area contributed by atoms with E-state index < -0.39 is 0 Å². The summed E-state index contributed by atoms with van der Waals surface area (Å²) in [7, 11) is 1.57. The monoisotopic (exact) mass is 213 g/mol. The zero-order valence-electron chi connectivity index (χ0n) is 10.4. The minimum absolute atomic E-state index is 0. The van der Waals surface area contributed by atoms with E-state index in [2.05, 4.69) is 6.07 Å². The molecule has 0 saturated heterocycles. The van der Waals surface area contributed by atoms with E-state index in [0.717, 1.165) is 0 Å². The molecule has 0 aliphatic heterocycles. The molecule has 0 radical (unpaired) electrons. The van der Waals surface area contributed by atoms with Gasteiger partial charge in [0.2, 0.25) is 0 Å². The van der Waals surface area contributed by atoms with E-state index in [1.54, 1.807) is 30.2 Å². The molecule has 0 unspecified atom stereocenters. The van der Waals surface area contributed by atoms with Crippen molar-refractivity contribution in [3.05, 3.63) is 29.8 Å². The number of rotatable bonds is 4. The largest absolute Gasteiger partial charge is 1.00 e. The number of carbonyl (C=O) groups is 1. The quantitative estimate of drug-likeness (QED) is 0.473. The van der Waals surface area contributed by atoms with Crippen LogP contribution < -0.4 is 23.6 Å². The second-order valence-electron chi connectivity index (χ2n) is 3.11. The molecular weight excluding hydrogens is 197 g/mol. The maximum absolute atomic E-state index is 11.9. The van der Waals surface area contributed by atoms with Gasteiger partial charge in [-0.25, -0.2) is 0 Å². The van der Waals surface area contributed by atoms with Crippen LogP contribution in [0.1, 0.15) is 24.2 Å². The first kappa shape index (κ1) is 15.1. The van der Waals surface area contributed by atoms with Gasteiger partial charge in [-0.3, -0.25) is 0 Å². The molecule has 0 heterocycles. The molecule has 1 amide bonds. The average Bonchev–Trinajstić information content (AvgIpc) is 2.30. The Labute approximate surface area is 109 Å². The first-order valence-electron chi connectivity index (χ1n) is 5.08. The molecule has 1 aromatic rings. The fraction of sp³-hybridized carbons (Fsp3) is 0.417. The molecule has 4 heteroatoms. The Balaban J connectivity index is 0.00000225. The van der Waals surface area contributed by atoms with Gasteiger partial charge in [0.05, 0.1) is 7.11 Å². The predicted octanol–water partition coefficient (Wildman–Crippen LogP) is -1.02. The summed E-state index contributed by atoms with van der Waals surface area (Å²) in [6.45, 7) is 5.34. The van der Waals surface area contributed by atoms with Gasteiger partial charge in [0.25, 0.3) is 0 Å². The van der Waals surface area contributed by atoms with Gasteiger partial charge in [0.15, 0.2) is 5.91 Å². The third kappa shape index (κ3) is 3.59. The van der Waals surface area contributed by atoms with Crippen LogP contribution in [0.15, 0.2) is 18.2 Å². The van der Waals surface area contributed by atoms with Crippen LogP contribution in [-0.4, -0.2) is 31.0 Å². The zero-order chi connectivity index (χ0) is 11.3. The van der Waals surface area contributed by atoms with Gasteiger partial charge in [-0.05, 0) is 13.8 Å². The van der Waals surface area contributed by atoms with Crippen LogP contribution in [0.4, 0.5) is 0 Å². The Morgan fingerprint density at radius 3 is 2.50 bits per heavy atom. The normalized spacial score (nSPS) is 9.19. The summed E-state index contributed by atoms with van der Waals surface area (Å²) in [6.07, 6.45) is 0. The van der Waals surface area contributed by atoms with Crippen molar-refractivity contribution in [1.82, 2.24) is 4.90 Å². The van der Waals surface area contributed by atoms with Crippen molar-refractivity contribution >= 4 is 5.91 Å². The van der Waals surface area contributed by atoms with Crippen LogP contribution in [0.25, 0.3) is 0 Å². The maximum atomic E-state index is 11.9. The molecule has 16 heavy (non-hydrogen) atoms. The van der Waals surface area contributed by atoms with E-state index in [1.165, 1.54) is 0 Å². The number of methoxy groups -OCH3 is 1. The predicted molar refractivity (Wildman–Crippen MR) is 59.1 cm³/mol. The van der Waals surface area contributed by atoms with Gasteiger partial charge in [0, 0.05) is 18.8 Å². The molecule has 0 N–H and O–H groups in total. The molecule has 0 fully saturated rings. The standard InChI is InChI=1S/C12H16NO2.Li/c1-4-13(5-2)12(14)10-7-6-8-11(9-10)15-3;/h6-8H,4-5H2,1-3H3;/q-1;+1. The molecule has 1 rings (SSSR count). The number of hydrogen-bond acceptors (Lipinski definition) is 2. The van der Waals surface area contributed by atoms with Crippen molar-refractivity contribution in [3.8, 4) is 5.75 Å². The van der Waals surface area contributed by atoms with E-state index >= 15 is 0 Å². The number of ether oxygens (including phenoxy) is 1. The third-order valence-corrected chi connectivity index (χ3v) is 2.27. The van der Waals surface area contributed by atoms with Crippen molar-refractivity contribution in [3.63, 3.8) is 0 Å². The van der Waals surface area contributed by atoms with Crippen LogP contribution in [0.2, 0.25) is 0 Å². The van der Waals surface area contributed by atoms with Crippen LogP contribution in [-0.2, 0) is 0 Å². The molecule has 0 spiro atoms. The van der Waals surface area contributed by atoms with E-state index in [-0.39, 0.29) is 24.8 Å². The number of hydrogen-bond donors (Lipinski definition) is 0. The second kappa shape index (κ2) is 7.38. The molecule has 0 atom stereocenters. The SMILES string of the molecule is CCN(CC)C(=O)c1[c-]c(OC)ccc1.[Li+]. The summed E-state index contributed by atoms with van der Waals surface area (Å²) < 4.78 is 5.03. The second-order valence-corrected chi connectivity index (χ2v) is 3.11. The number of benzene rings is 1. The number of carbonyl (C=O) groups excluding carboxylic acids is 1. The molecular formula is C12H16LiNO2. The zero-order valence-corrected chi connectivity index (χ0v) is 10.4. The van der Waals surface area contributed by atoms with Gasteiger partial charge in [-0.15, -0.1) is 18.2 Å². The molecule has 0 aliphatic rings. The summed E-state index contributed by atoms with van der Waals surface area (Å²) in [6, 6.07) is 8.26. The van der Waals surface area contributed by atoms with Crippen molar-refractivity contribution in [2.24, 2.45) is 0 Å². The molecule has 0 aromatic heterocycles. The first-order chi connectivity index (χ1) is 7.22. The number of amides is 1. The van der Waals surface area contributed by atoms with Gasteiger partial charge in [-0.1, -0.05) is 11.6 Å². The van der Waals surface area contributed by atoms with Crippen molar-refractivity contribution in [1.29, 1.82) is 0 Å². The summed E-state index contributed by atoms with van der Waals surface area (Å²) in [5.74, 6) is 0.590. The van der Waals surface area contributed by atoms with Crippen LogP contribution in [0, 0.1) is 6.07 Å². The topological polar surface area (TPSA) is 29.5 Å². The number of nitrogens with zero attached hydrogens (tertiary/aromatic N) is 1. The minimum Gasteiger partial charge on any atom is -0.516 e. The smallest absolute Gasteiger partial charge is 0.516 e. The Morgan fingerprint density at radius 1 is 1.38 bits per heavy atom. The van der Waals surface area contributed by atoms with Crippen LogP contribution in [0.3, 0.4) is 0 Å². The van der Waals surface area contributed by atoms with Gasteiger partial charge in [-0.2, -0.15) is 0 Å². The summed E-state index contributed by atoms with van der Waals surface area (Å²) in [5.41, 5.74) is 0.554. The van der Waals surface area contributed by atoms with Gasteiger partial charge < -0.3 is 14.4 Å². The van der Waals surface area contributed by atoms with E-state index in [1.807, 2.05) is 13.8 Å². The van der Waals surface area contributed by atoms with Gasteiger partial charge in [0.1, 0.15) is 0 Å². The fourth-order valence-electron chi connectivity index (χ4n) is 1.37. The molecule has 3 nitrogen and oxygen atoms in total. The Hall–Kier alpha value is -0.913. The molecule has 0 saturated carbocycles. The van der Waals surface area contributed by atoms with Crippen LogP contribution >= 0.6 is 0 Å². The summed E-state index contributed by atoms with van der Waals surface area (Å²) >= 11 is 0. The minimum atomic E-state index is -0.00102. The maximum Gasteiger partial charge on any atom is 1.00 e. The molecule has 82 valence electrons. The fourth-order valence-corrected chi connectivity index (χ4v) is 1.37. The Bertz CT molecular complexity index is 338. The molecule has 0 aliphatic carbocycles. The van der Waals surface area contributed by atoms with Crippen molar-refractivity contribution in [2.75, 3.05) is 20.2 Å². The van der Waals surface area contributed by atoms with Crippen molar-refractivity contribution < 1.29 is 28.4 Å². The van der Waals surface area contributed by atoms with Crippen LogP contribution in [0.5, 0.6) is 5.75 Å². The molecule has 0 bridgehead atoms. The average molecular weight is 213 g/mol. The van der Waals surface area contributed by atoms with Crippen molar-refractivity contribution in [2.45, 2.75) is 13.8 Å². The molecule has 1 aromatic carbocycles. The Morgan fingerprint density at radius 2 is 2.00 bits per heavy atom. The van der Waals surface area contributed by atoms with E-state index in [4.69, 9.17) is 4.74 Å². The summed E-state index contributed by atoms with van der Waals surface area (Å²) in [4.78, 5) is 13.7. The Kier molecular flexibility index (Phi) is 6.95. The van der Waals surface area contributed by atoms with Gasteiger partial charge >= 0.3 is 18.9 Å².